The predicted molar refractivity (Wildman–Crippen MR) is 124 cm³/mol. The Hall–Kier alpha value is -1.44. The van der Waals surface area contributed by atoms with Gasteiger partial charge in [0.2, 0.25) is 5.91 Å². The molecule has 2 aromatic rings. The molecular weight excluding hydrogens is 477 g/mol. The Labute approximate surface area is 187 Å². The van der Waals surface area contributed by atoms with E-state index in [0.29, 0.717) is 26.3 Å². The highest BCUT2D eigenvalue weighted by Gasteiger charge is 2.60. The van der Waals surface area contributed by atoms with Gasteiger partial charge in [-0.1, -0.05) is 83.3 Å². The molecule has 2 aromatic carbocycles. The smallest absolute Gasteiger partial charge is 0.231 e. The molecule has 3 rings (SSSR count). The van der Waals surface area contributed by atoms with Crippen molar-refractivity contribution in [3.05, 3.63) is 71.8 Å². The maximum Gasteiger partial charge on any atom is 0.231 e. The van der Waals surface area contributed by atoms with Crippen molar-refractivity contribution in [2.24, 2.45) is 11.8 Å². The van der Waals surface area contributed by atoms with Crippen LogP contribution in [0.4, 0.5) is 0 Å². The van der Waals surface area contributed by atoms with Crippen molar-refractivity contribution in [2.45, 2.75) is 39.1 Å². The summed E-state index contributed by atoms with van der Waals surface area (Å²) in [5.74, 6) is -0.713. The molecule has 0 unspecified atom stereocenters. The molecule has 1 amide bonds. The average molecular weight is 507 g/mol. The summed E-state index contributed by atoms with van der Waals surface area (Å²) in [6.07, 6.45) is 0.807. The van der Waals surface area contributed by atoms with Crippen LogP contribution in [0.25, 0.3) is 0 Å². The fraction of sp³-hybridized carbons (Fsp3) is 0.458. The van der Waals surface area contributed by atoms with E-state index in [4.69, 9.17) is 9.47 Å². The van der Waals surface area contributed by atoms with Crippen LogP contribution in [0.3, 0.4) is 0 Å². The third-order valence-corrected chi connectivity index (χ3v) is 6.61. The van der Waals surface area contributed by atoms with E-state index in [1.54, 1.807) is 0 Å². The summed E-state index contributed by atoms with van der Waals surface area (Å²) in [6, 6.07) is 20.3. The SMILES string of the molecule is CCOC1(OCC)[C@@H](CI)C[C@H]1C(=O)N(Cc1ccccc1)Cc1ccccc1. The largest absolute Gasteiger partial charge is 0.349 e. The first kappa shape index (κ1) is 22.2. The van der Waals surface area contributed by atoms with Crippen molar-refractivity contribution in [1.29, 1.82) is 0 Å². The minimum absolute atomic E-state index is 0.112. The van der Waals surface area contributed by atoms with Gasteiger partial charge in [-0.05, 0) is 31.4 Å². The summed E-state index contributed by atoms with van der Waals surface area (Å²) < 4.78 is 13.2. The van der Waals surface area contributed by atoms with Gasteiger partial charge in [-0.15, -0.1) is 0 Å². The summed E-state index contributed by atoms with van der Waals surface area (Å²) in [5.41, 5.74) is 2.25. The number of alkyl halides is 1. The lowest BCUT2D eigenvalue weighted by molar-refractivity contribution is -0.329. The molecule has 0 radical (unpaired) electrons. The van der Waals surface area contributed by atoms with Gasteiger partial charge in [0.05, 0.1) is 5.92 Å². The second kappa shape index (κ2) is 10.5. The summed E-state index contributed by atoms with van der Waals surface area (Å²) >= 11 is 2.37. The third kappa shape index (κ3) is 5.01. The Morgan fingerprint density at radius 1 is 0.966 bits per heavy atom. The van der Waals surface area contributed by atoms with Crippen LogP contribution in [0.2, 0.25) is 0 Å². The second-order valence-electron chi connectivity index (χ2n) is 7.39. The molecule has 156 valence electrons. The number of carbonyl (C=O) groups excluding carboxylic acids is 1. The van der Waals surface area contributed by atoms with Gasteiger partial charge in [0, 0.05) is 36.6 Å². The van der Waals surface area contributed by atoms with Crippen LogP contribution in [-0.2, 0) is 27.4 Å². The van der Waals surface area contributed by atoms with Crippen LogP contribution in [0.15, 0.2) is 60.7 Å². The lowest BCUT2D eigenvalue weighted by Gasteiger charge is -2.54. The summed E-state index contributed by atoms with van der Waals surface area (Å²) in [7, 11) is 0. The molecule has 29 heavy (non-hydrogen) atoms. The van der Waals surface area contributed by atoms with Gasteiger partial charge in [-0.25, -0.2) is 0 Å². The zero-order valence-corrected chi connectivity index (χ0v) is 19.4. The monoisotopic (exact) mass is 507 g/mol. The Bertz CT molecular complexity index is 721. The molecule has 4 nitrogen and oxygen atoms in total. The number of ether oxygens (including phenoxy) is 2. The van der Waals surface area contributed by atoms with E-state index < -0.39 is 5.79 Å². The van der Waals surface area contributed by atoms with E-state index in [0.717, 1.165) is 22.0 Å². The molecule has 1 fully saturated rings. The molecule has 0 aliphatic heterocycles. The summed E-state index contributed by atoms with van der Waals surface area (Å²) in [6.45, 7) is 6.17. The van der Waals surface area contributed by atoms with E-state index in [2.05, 4.69) is 46.9 Å². The molecule has 1 aliphatic rings. The molecule has 5 heteroatoms. The molecule has 2 atom stereocenters. The molecule has 0 N–H and O–H groups in total. The highest BCUT2D eigenvalue weighted by Crippen LogP contribution is 2.50. The standard InChI is InChI=1S/C24H30INO3/c1-3-28-24(29-4-2)21(16-25)15-22(24)23(27)26(17-19-11-7-5-8-12-19)18-20-13-9-6-10-14-20/h5-14,21-22H,3-4,15-18H2,1-2H3/t21-,22+/m1/s1. The van der Waals surface area contributed by atoms with Crippen LogP contribution in [0, 0.1) is 11.8 Å². The van der Waals surface area contributed by atoms with E-state index in [1.807, 2.05) is 55.1 Å². The van der Waals surface area contributed by atoms with Gasteiger partial charge in [0.25, 0.3) is 0 Å². The van der Waals surface area contributed by atoms with Crippen molar-refractivity contribution in [3.63, 3.8) is 0 Å². The number of benzene rings is 2. The number of nitrogens with zero attached hydrogens (tertiary/aromatic N) is 1. The Morgan fingerprint density at radius 3 is 1.86 bits per heavy atom. The Kier molecular flexibility index (Phi) is 8.09. The van der Waals surface area contributed by atoms with Crippen molar-refractivity contribution < 1.29 is 14.3 Å². The van der Waals surface area contributed by atoms with Crippen LogP contribution in [-0.4, -0.2) is 34.2 Å². The minimum Gasteiger partial charge on any atom is -0.349 e. The minimum atomic E-state index is -0.798. The van der Waals surface area contributed by atoms with Gasteiger partial charge >= 0.3 is 0 Å². The highest BCUT2D eigenvalue weighted by molar-refractivity contribution is 14.1. The highest BCUT2D eigenvalue weighted by atomic mass is 127. The molecular formula is C24H30INO3. The van der Waals surface area contributed by atoms with Crippen LogP contribution in [0.1, 0.15) is 31.4 Å². The first-order chi connectivity index (χ1) is 14.1. The third-order valence-electron chi connectivity index (χ3n) is 5.54. The van der Waals surface area contributed by atoms with E-state index in [1.165, 1.54) is 0 Å². The van der Waals surface area contributed by atoms with Gasteiger partial charge in [0.15, 0.2) is 5.79 Å². The van der Waals surface area contributed by atoms with Crippen molar-refractivity contribution in [1.82, 2.24) is 4.90 Å². The molecule has 1 saturated carbocycles. The molecule has 0 spiro atoms. The van der Waals surface area contributed by atoms with Crippen LogP contribution >= 0.6 is 22.6 Å². The second-order valence-corrected chi connectivity index (χ2v) is 8.27. The summed E-state index contributed by atoms with van der Waals surface area (Å²) in [4.78, 5) is 15.7. The first-order valence-corrected chi connectivity index (χ1v) is 11.9. The number of hydrogen-bond donors (Lipinski definition) is 0. The Morgan fingerprint density at radius 2 is 1.45 bits per heavy atom. The van der Waals surface area contributed by atoms with Gasteiger partial charge in [0.1, 0.15) is 0 Å². The number of carbonyl (C=O) groups is 1. The maximum absolute atomic E-state index is 13.7. The lowest BCUT2D eigenvalue weighted by Crippen LogP contribution is -2.64. The molecule has 0 saturated heterocycles. The number of halogens is 1. The van der Waals surface area contributed by atoms with Gasteiger partial charge in [-0.3, -0.25) is 4.79 Å². The van der Waals surface area contributed by atoms with Crippen molar-refractivity contribution in [3.8, 4) is 0 Å². The normalized spacial score (nSPS) is 20.1. The lowest BCUT2D eigenvalue weighted by atomic mass is 9.68. The van der Waals surface area contributed by atoms with Crippen molar-refractivity contribution >= 4 is 28.5 Å². The fourth-order valence-electron chi connectivity index (χ4n) is 4.15. The van der Waals surface area contributed by atoms with Crippen LogP contribution < -0.4 is 0 Å². The van der Waals surface area contributed by atoms with E-state index in [9.17, 15) is 4.79 Å². The van der Waals surface area contributed by atoms with Gasteiger partial charge in [-0.2, -0.15) is 0 Å². The molecule has 0 heterocycles. The number of rotatable bonds is 10. The zero-order chi connectivity index (χ0) is 20.7. The number of amides is 1. The number of hydrogen-bond acceptors (Lipinski definition) is 3. The fourth-order valence-corrected chi connectivity index (χ4v) is 5.12. The predicted octanol–water partition coefficient (Wildman–Crippen LogP) is 5.06. The Balaban J connectivity index is 1.86. The summed E-state index contributed by atoms with van der Waals surface area (Å²) in [5, 5.41) is 0. The van der Waals surface area contributed by atoms with E-state index >= 15 is 0 Å². The average Bonchev–Trinajstić information content (AvgIpc) is 2.74. The topological polar surface area (TPSA) is 38.8 Å². The maximum atomic E-state index is 13.7. The van der Waals surface area contributed by atoms with Crippen LogP contribution in [0.5, 0.6) is 0 Å². The van der Waals surface area contributed by atoms with Gasteiger partial charge < -0.3 is 14.4 Å². The zero-order valence-electron chi connectivity index (χ0n) is 17.2. The molecule has 1 aliphatic carbocycles. The quantitative estimate of drug-likeness (QED) is 0.257. The molecule has 0 bridgehead atoms. The molecule has 0 aromatic heterocycles. The first-order valence-electron chi connectivity index (χ1n) is 10.3. The van der Waals surface area contributed by atoms with E-state index in [-0.39, 0.29) is 17.7 Å². The van der Waals surface area contributed by atoms with Crippen molar-refractivity contribution in [2.75, 3.05) is 17.6 Å².